The quantitative estimate of drug-likeness (QED) is 0.493. The van der Waals surface area contributed by atoms with E-state index in [1.165, 1.54) is 35.8 Å². The molecule has 1 aliphatic carbocycles. The number of amides is 3. The maximum atomic E-state index is 12.7. The van der Waals surface area contributed by atoms with Crippen molar-refractivity contribution in [3.63, 3.8) is 0 Å². The molecule has 3 fully saturated rings. The first-order valence-electron chi connectivity index (χ1n) is 14.3. The van der Waals surface area contributed by atoms with E-state index in [1.807, 2.05) is 12.1 Å². The molecule has 5 rings (SSSR count). The molecule has 0 atom stereocenters. The van der Waals surface area contributed by atoms with Crippen molar-refractivity contribution in [2.75, 3.05) is 51.1 Å². The SMILES string of the molecule is CC(C)(N)C(=O)N1CCN(C(=O)Nc2ccn(-c3ccc(CCN4CCC5(CC4)CC(N)C5)cc3)c(=O)n2)CC1. The lowest BCUT2D eigenvalue weighted by molar-refractivity contribution is -0.137. The van der Waals surface area contributed by atoms with Gasteiger partial charge in [-0.2, -0.15) is 4.98 Å². The van der Waals surface area contributed by atoms with Crippen molar-refractivity contribution >= 4 is 17.8 Å². The molecule has 2 aliphatic heterocycles. The second-order valence-corrected chi connectivity index (χ2v) is 12.3. The molecule has 3 amide bonds. The second kappa shape index (κ2) is 11.3. The number of benzene rings is 1. The van der Waals surface area contributed by atoms with Crippen molar-refractivity contribution in [2.45, 2.75) is 57.5 Å². The third-order valence-electron chi connectivity index (χ3n) is 8.68. The first-order chi connectivity index (χ1) is 19.0. The van der Waals surface area contributed by atoms with Crippen LogP contribution in [0.4, 0.5) is 10.6 Å². The lowest BCUT2D eigenvalue weighted by atomic mass is 9.61. The monoisotopic (exact) mass is 550 g/mol. The van der Waals surface area contributed by atoms with Crippen molar-refractivity contribution in [1.82, 2.24) is 24.3 Å². The summed E-state index contributed by atoms with van der Waals surface area (Å²) < 4.78 is 1.46. The lowest BCUT2D eigenvalue weighted by Gasteiger charge is -2.51. The molecule has 40 heavy (non-hydrogen) atoms. The number of hydrogen-bond acceptors (Lipinski definition) is 7. The summed E-state index contributed by atoms with van der Waals surface area (Å²) in [6.45, 7) is 8.26. The first kappa shape index (κ1) is 28.3. The molecule has 11 heteroatoms. The molecule has 3 heterocycles. The van der Waals surface area contributed by atoms with Gasteiger partial charge in [-0.3, -0.25) is 14.7 Å². The van der Waals surface area contributed by atoms with Crippen LogP contribution in [0.3, 0.4) is 0 Å². The smallest absolute Gasteiger partial charge is 0.338 e. The van der Waals surface area contributed by atoms with Gasteiger partial charge in [0.25, 0.3) is 0 Å². The number of piperazine rings is 1. The van der Waals surface area contributed by atoms with E-state index in [2.05, 4.69) is 27.3 Å². The number of hydrogen-bond donors (Lipinski definition) is 3. The summed E-state index contributed by atoms with van der Waals surface area (Å²) in [5, 5.41) is 2.70. The number of nitrogens with zero attached hydrogens (tertiary/aromatic N) is 5. The molecule has 1 saturated carbocycles. The van der Waals surface area contributed by atoms with Crippen LogP contribution in [0.15, 0.2) is 41.3 Å². The Morgan fingerprint density at radius 2 is 1.62 bits per heavy atom. The standard InChI is InChI=1S/C29H42N8O3/c1-28(2,31)25(38)35-15-17-36(18-16-35)26(39)32-24-8-12-37(27(40)33-24)23-5-3-21(4-6-23)7-11-34-13-9-29(10-14-34)19-22(30)20-29/h3-6,8,12,22H,7,9-11,13-20,30-31H2,1-2H3,(H,32,33,39,40). The summed E-state index contributed by atoms with van der Waals surface area (Å²) in [6, 6.07) is 9.66. The van der Waals surface area contributed by atoms with Gasteiger partial charge >= 0.3 is 11.7 Å². The Balaban J connectivity index is 1.10. The highest BCUT2D eigenvalue weighted by Gasteiger charge is 2.44. The highest BCUT2D eigenvalue weighted by molar-refractivity contribution is 5.89. The second-order valence-electron chi connectivity index (χ2n) is 12.3. The Morgan fingerprint density at radius 3 is 2.20 bits per heavy atom. The zero-order valence-corrected chi connectivity index (χ0v) is 23.6. The maximum absolute atomic E-state index is 12.7. The summed E-state index contributed by atoms with van der Waals surface area (Å²) in [5.41, 5.74) is 13.0. The van der Waals surface area contributed by atoms with Crippen molar-refractivity contribution in [2.24, 2.45) is 16.9 Å². The number of nitrogens with one attached hydrogen (secondary N) is 1. The molecule has 5 N–H and O–H groups in total. The first-order valence-corrected chi connectivity index (χ1v) is 14.3. The van der Waals surface area contributed by atoms with E-state index < -0.39 is 11.2 Å². The van der Waals surface area contributed by atoms with Crippen LogP contribution in [0.25, 0.3) is 5.69 Å². The molecule has 0 unspecified atom stereocenters. The minimum Gasteiger partial charge on any atom is -0.338 e. The summed E-state index contributed by atoms with van der Waals surface area (Å²) in [5.74, 6) is 0.0530. The van der Waals surface area contributed by atoms with E-state index in [0.29, 0.717) is 37.6 Å². The van der Waals surface area contributed by atoms with Crippen LogP contribution >= 0.6 is 0 Å². The topological polar surface area (TPSA) is 143 Å². The van der Waals surface area contributed by atoms with Crippen LogP contribution in [-0.4, -0.2) is 93.6 Å². The van der Waals surface area contributed by atoms with Gasteiger partial charge in [-0.15, -0.1) is 0 Å². The zero-order valence-electron chi connectivity index (χ0n) is 23.6. The number of anilines is 1. The number of rotatable bonds is 6. The Kier molecular flexibility index (Phi) is 7.98. The lowest BCUT2D eigenvalue weighted by Crippen LogP contribution is -2.58. The Bertz CT molecular complexity index is 1260. The number of aromatic nitrogens is 2. The summed E-state index contributed by atoms with van der Waals surface area (Å²) in [6.07, 6.45) is 7.50. The normalized spacial score (nSPS) is 19.9. The molecular formula is C29H42N8O3. The number of carbonyl (C=O) groups is 2. The van der Waals surface area contributed by atoms with Gasteiger partial charge in [-0.1, -0.05) is 12.1 Å². The third kappa shape index (κ3) is 6.37. The van der Waals surface area contributed by atoms with Crippen molar-refractivity contribution in [3.8, 4) is 5.69 Å². The third-order valence-corrected chi connectivity index (χ3v) is 8.68. The van der Waals surface area contributed by atoms with Crippen molar-refractivity contribution < 1.29 is 9.59 Å². The van der Waals surface area contributed by atoms with Crippen LogP contribution < -0.4 is 22.5 Å². The summed E-state index contributed by atoms with van der Waals surface area (Å²) >= 11 is 0. The van der Waals surface area contributed by atoms with Crippen LogP contribution in [0.2, 0.25) is 0 Å². The zero-order chi connectivity index (χ0) is 28.5. The van der Waals surface area contributed by atoms with Crippen molar-refractivity contribution in [3.05, 3.63) is 52.6 Å². The highest BCUT2D eigenvalue weighted by Crippen LogP contribution is 2.48. The molecule has 3 aliphatic rings. The minimum atomic E-state index is -0.944. The molecule has 1 spiro atoms. The molecular weight excluding hydrogens is 508 g/mol. The van der Waals surface area contributed by atoms with E-state index in [1.54, 1.807) is 35.9 Å². The number of urea groups is 1. The summed E-state index contributed by atoms with van der Waals surface area (Å²) in [7, 11) is 0. The minimum absolute atomic E-state index is 0.138. The fourth-order valence-electron chi connectivity index (χ4n) is 6.20. The molecule has 216 valence electrons. The molecule has 2 aromatic rings. The van der Waals surface area contributed by atoms with E-state index in [9.17, 15) is 14.4 Å². The predicted molar refractivity (Wildman–Crippen MR) is 154 cm³/mol. The summed E-state index contributed by atoms with van der Waals surface area (Å²) in [4.78, 5) is 47.7. The van der Waals surface area contributed by atoms with E-state index in [0.717, 1.165) is 31.7 Å². The van der Waals surface area contributed by atoms with Gasteiger partial charge in [0.1, 0.15) is 5.82 Å². The average Bonchev–Trinajstić information content (AvgIpc) is 2.91. The largest absolute Gasteiger partial charge is 0.354 e. The highest BCUT2D eigenvalue weighted by atomic mass is 16.2. The van der Waals surface area contributed by atoms with Gasteiger partial charge in [0.15, 0.2) is 0 Å². The molecule has 0 radical (unpaired) electrons. The molecule has 0 bridgehead atoms. The molecule has 11 nitrogen and oxygen atoms in total. The van der Waals surface area contributed by atoms with Crippen LogP contribution in [-0.2, 0) is 11.2 Å². The van der Waals surface area contributed by atoms with Gasteiger partial charge in [0.2, 0.25) is 5.91 Å². The fraction of sp³-hybridized carbons (Fsp3) is 0.586. The van der Waals surface area contributed by atoms with Crippen LogP contribution in [0.1, 0.15) is 45.1 Å². The van der Waals surface area contributed by atoms with Gasteiger partial charge < -0.3 is 26.2 Å². The number of nitrogens with two attached hydrogens (primary N) is 2. The number of carbonyl (C=O) groups excluding carboxylic acids is 2. The molecule has 2 saturated heterocycles. The number of likely N-dealkylation sites (tertiary alicyclic amines) is 1. The average molecular weight is 551 g/mol. The van der Waals surface area contributed by atoms with Crippen LogP contribution in [0.5, 0.6) is 0 Å². The van der Waals surface area contributed by atoms with Gasteiger partial charge in [0.05, 0.1) is 11.2 Å². The van der Waals surface area contributed by atoms with E-state index in [-0.39, 0.29) is 17.8 Å². The Hall–Kier alpha value is -3.28. The molecule has 1 aromatic heterocycles. The van der Waals surface area contributed by atoms with E-state index >= 15 is 0 Å². The maximum Gasteiger partial charge on any atom is 0.354 e. The van der Waals surface area contributed by atoms with Crippen LogP contribution in [0, 0.1) is 5.41 Å². The van der Waals surface area contributed by atoms with Gasteiger partial charge in [-0.05, 0) is 88.2 Å². The molecule has 1 aromatic carbocycles. The predicted octanol–water partition coefficient (Wildman–Crippen LogP) is 1.39. The van der Waals surface area contributed by atoms with Crippen molar-refractivity contribution in [1.29, 1.82) is 0 Å². The number of piperidine rings is 1. The Morgan fingerprint density at radius 1 is 1.00 bits per heavy atom. The Labute approximate surface area is 235 Å². The van der Waals surface area contributed by atoms with E-state index in [4.69, 9.17) is 11.5 Å². The van der Waals surface area contributed by atoms with Gasteiger partial charge in [-0.25, -0.2) is 9.59 Å². The van der Waals surface area contributed by atoms with Gasteiger partial charge in [0, 0.05) is 45.0 Å². The fourth-order valence-corrected chi connectivity index (χ4v) is 6.20.